The number of nitrogens with one attached hydrogen (secondary N) is 2. The van der Waals surface area contributed by atoms with Crippen molar-refractivity contribution in [1.29, 1.82) is 0 Å². The second kappa shape index (κ2) is 9.30. The fraction of sp³-hybridized carbons (Fsp3) is 0.294. The summed E-state index contributed by atoms with van der Waals surface area (Å²) < 4.78 is 10.8. The first kappa shape index (κ1) is 16.6. The lowest BCUT2D eigenvalue weighted by molar-refractivity contribution is 0.320. The number of methoxy groups -OCH3 is 1. The number of pyridine rings is 1. The van der Waals surface area contributed by atoms with E-state index >= 15 is 0 Å². The van der Waals surface area contributed by atoms with E-state index in [1.807, 2.05) is 36.4 Å². The molecule has 0 atom stereocenters. The minimum Gasteiger partial charge on any atom is -0.497 e. The number of rotatable bonds is 7. The van der Waals surface area contributed by atoms with Crippen molar-refractivity contribution in [2.45, 2.75) is 6.54 Å². The van der Waals surface area contributed by atoms with E-state index in [-0.39, 0.29) is 0 Å². The summed E-state index contributed by atoms with van der Waals surface area (Å²) in [4.78, 5) is 8.19. The second-order valence-electron chi connectivity index (χ2n) is 4.74. The van der Waals surface area contributed by atoms with Crippen LogP contribution in [0.1, 0.15) is 5.56 Å². The summed E-state index contributed by atoms with van der Waals surface area (Å²) in [6, 6.07) is 11.6. The number of aliphatic imine (C=N–C) groups is 1. The summed E-state index contributed by atoms with van der Waals surface area (Å²) in [6.45, 7) is 1.85. The topological polar surface area (TPSA) is 67.8 Å². The largest absolute Gasteiger partial charge is 0.497 e. The average molecular weight is 314 g/mol. The van der Waals surface area contributed by atoms with Crippen LogP contribution in [-0.4, -0.2) is 38.3 Å². The molecule has 0 bridgehead atoms. The van der Waals surface area contributed by atoms with Gasteiger partial charge in [-0.2, -0.15) is 0 Å². The van der Waals surface area contributed by atoms with Gasteiger partial charge in [0.15, 0.2) is 5.96 Å². The molecule has 0 aliphatic rings. The highest BCUT2D eigenvalue weighted by atomic mass is 16.5. The predicted octanol–water partition coefficient (Wildman–Crippen LogP) is 1.83. The zero-order valence-electron chi connectivity index (χ0n) is 13.5. The van der Waals surface area contributed by atoms with Crippen molar-refractivity contribution >= 4 is 5.96 Å². The molecule has 6 heteroatoms. The van der Waals surface area contributed by atoms with E-state index in [4.69, 9.17) is 9.47 Å². The minimum absolute atomic E-state index is 0.533. The quantitative estimate of drug-likeness (QED) is 0.464. The standard InChI is InChI=1S/C17H22N4O2/c1-18-17(20-9-10-23-16-7-4-8-19-13-16)21-12-14-5-3-6-15(11-14)22-2/h3-8,11,13H,9-10,12H2,1-2H3,(H2,18,20,21). The SMILES string of the molecule is CN=C(NCCOc1cccnc1)NCc1cccc(OC)c1. The van der Waals surface area contributed by atoms with Crippen LogP contribution in [0.4, 0.5) is 0 Å². The molecular formula is C17H22N4O2. The van der Waals surface area contributed by atoms with Crippen LogP contribution in [0.25, 0.3) is 0 Å². The summed E-state index contributed by atoms with van der Waals surface area (Å²) in [7, 11) is 3.40. The van der Waals surface area contributed by atoms with Crippen molar-refractivity contribution in [1.82, 2.24) is 15.6 Å². The van der Waals surface area contributed by atoms with Crippen LogP contribution in [0.3, 0.4) is 0 Å². The zero-order valence-corrected chi connectivity index (χ0v) is 13.5. The van der Waals surface area contributed by atoms with E-state index in [2.05, 4.69) is 20.6 Å². The van der Waals surface area contributed by atoms with Gasteiger partial charge in [0.1, 0.15) is 18.1 Å². The molecular weight excluding hydrogens is 292 g/mol. The molecule has 2 aromatic rings. The molecule has 0 aliphatic carbocycles. The maximum absolute atomic E-state index is 5.57. The van der Waals surface area contributed by atoms with Crippen molar-refractivity contribution in [3.63, 3.8) is 0 Å². The number of aromatic nitrogens is 1. The van der Waals surface area contributed by atoms with Gasteiger partial charge in [0.25, 0.3) is 0 Å². The first-order valence-electron chi connectivity index (χ1n) is 7.42. The first-order chi connectivity index (χ1) is 11.3. The predicted molar refractivity (Wildman–Crippen MR) is 90.9 cm³/mol. The molecule has 0 amide bonds. The Bertz CT molecular complexity index is 617. The molecule has 1 aromatic carbocycles. The first-order valence-corrected chi connectivity index (χ1v) is 7.42. The number of ether oxygens (including phenoxy) is 2. The third kappa shape index (κ3) is 5.86. The number of guanidine groups is 1. The Hall–Kier alpha value is -2.76. The van der Waals surface area contributed by atoms with Crippen molar-refractivity contribution < 1.29 is 9.47 Å². The van der Waals surface area contributed by atoms with Gasteiger partial charge in [0, 0.05) is 19.8 Å². The molecule has 0 saturated heterocycles. The van der Waals surface area contributed by atoms with Gasteiger partial charge < -0.3 is 20.1 Å². The Balaban J connectivity index is 1.71. The van der Waals surface area contributed by atoms with Crippen LogP contribution >= 0.6 is 0 Å². The van der Waals surface area contributed by atoms with E-state index in [0.29, 0.717) is 19.7 Å². The Morgan fingerprint density at radius 1 is 1.17 bits per heavy atom. The van der Waals surface area contributed by atoms with Gasteiger partial charge in [-0.3, -0.25) is 9.98 Å². The van der Waals surface area contributed by atoms with Gasteiger partial charge >= 0.3 is 0 Å². The van der Waals surface area contributed by atoms with Crippen LogP contribution in [-0.2, 0) is 6.54 Å². The summed E-state index contributed by atoms with van der Waals surface area (Å²) in [6.07, 6.45) is 3.41. The van der Waals surface area contributed by atoms with E-state index in [1.165, 1.54) is 0 Å². The third-order valence-corrected chi connectivity index (χ3v) is 3.12. The van der Waals surface area contributed by atoms with Crippen molar-refractivity contribution in [2.75, 3.05) is 27.3 Å². The van der Waals surface area contributed by atoms with Crippen molar-refractivity contribution in [3.05, 3.63) is 54.4 Å². The van der Waals surface area contributed by atoms with Crippen molar-refractivity contribution in [3.8, 4) is 11.5 Å². The van der Waals surface area contributed by atoms with Gasteiger partial charge in [-0.05, 0) is 29.8 Å². The summed E-state index contributed by atoms with van der Waals surface area (Å²) in [5.41, 5.74) is 1.12. The molecule has 0 fully saturated rings. The molecule has 2 N–H and O–H groups in total. The Morgan fingerprint density at radius 3 is 2.78 bits per heavy atom. The van der Waals surface area contributed by atoms with Crippen LogP contribution in [0.2, 0.25) is 0 Å². The monoisotopic (exact) mass is 314 g/mol. The van der Waals surface area contributed by atoms with E-state index in [0.717, 1.165) is 23.0 Å². The maximum Gasteiger partial charge on any atom is 0.191 e. The Morgan fingerprint density at radius 2 is 2.04 bits per heavy atom. The second-order valence-corrected chi connectivity index (χ2v) is 4.74. The molecule has 6 nitrogen and oxygen atoms in total. The van der Waals surface area contributed by atoms with Gasteiger partial charge in [0.05, 0.1) is 19.9 Å². The number of nitrogens with zero attached hydrogens (tertiary/aromatic N) is 2. The molecule has 0 radical (unpaired) electrons. The van der Waals surface area contributed by atoms with Crippen LogP contribution in [0, 0.1) is 0 Å². The Kier molecular flexibility index (Phi) is 6.71. The average Bonchev–Trinajstić information content (AvgIpc) is 2.62. The number of benzene rings is 1. The van der Waals surface area contributed by atoms with E-state index in [1.54, 1.807) is 26.6 Å². The van der Waals surface area contributed by atoms with Gasteiger partial charge in [-0.15, -0.1) is 0 Å². The van der Waals surface area contributed by atoms with Crippen LogP contribution < -0.4 is 20.1 Å². The molecule has 0 unspecified atom stereocenters. The highest BCUT2D eigenvalue weighted by Gasteiger charge is 2.00. The van der Waals surface area contributed by atoms with E-state index < -0.39 is 0 Å². The lowest BCUT2D eigenvalue weighted by Crippen LogP contribution is -2.38. The van der Waals surface area contributed by atoms with Gasteiger partial charge in [-0.25, -0.2) is 0 Å². The van der Waals surface area contributed by atoms with Gasteiger partial charge in [0.2, 0.25) is 0 Å². The fourth-order valence-electron chi connectivity index (χ4n) is 1.96. The summed E-state index contributed by atoms with van der Waals surface area (Å²) in [5.74, 6) is 2.33. The lowest BCUT2D eigenvalue weighted by atomic mass is 10.2. The lowest BCUT2D eigenvalue weighted by Gasteiger charge is -2.13. The van der Waals surface area contributed by atoms with Gasteiger partial charge in [-0.1, -0.05) is 12.1 Å². The minimum atomic E-state index is 0.533. The number of hydrogen-bond acceptors (Lipinski definition) is 4. The zero-order chi connectivity index (χ0) is 16.3. The molecule has 1 heterocycles. The molecule has 122 valence electrons. The maximum atomic E-state index is 5.57. The summed E-state index contributed by atoms with van der Waals surface area (Å²) in [5, 5.41) is 6.45. The Labute approximate surface area is 136 Å². The van der Waals surface area contributed by atoms with Crippen molar-refractivity contribution in [2.24, 2.45) is 4.99 Å². The molecule has 2 rings (SSSR count). The summed E-state index contributed by atoms with van der Waals surface area (Å²) >= 11 is 0. The molecule has 0 aliphatic heterocycles. The number of hydrogen-bond donors (Lipinski definition) is 2. The smallest absolute Gasteiger partial charge is 0.191 e. The van der Waals surface area contributed by atoms with Crippen LogP contribution in [0.15, 0.2) is 53.8 Å². The molecule has 0 spiro atoms. The normalized spacial score (nSPS) is 11.0. The highest BCUT2D eigenvalue weighted by molar-refractivity contribution is 5.79. The third-order valence-electron chi connectivity index (χ3n) is 3.12. The molecule has 1 aromatic heterocycles. The fourth-order valence-corrected chi connectivity index (χ4v) is 1.96. The van der Waals surface area contributed by atoms with Crippen LogP contribution in [0.5, 0.6) is 11.5 Å². The molecule has 23 heavy (non-hydrogen) atoms. The highest BCUT2D eigenvalue weighted by Crippen LogP contribution is 2.12. The van der Waals surface area contributed by atoms with E-state index in [9.17, 15) is 0 Å². The molecule has 0 saturated carbocycles.